The minimum Gasteiger partial charge on any atom is -0.490 e. The molecule has 1 aromatic heterocycles. The number of ether oxygens (including phenoxy) is 1. The fourth-order valence-corrected chi connectivity index (χ4v) is 2.46. The van der Waals surface area contributed by atoms with Crippen molar-refractivity contribution in [1.29, 1.82) is 0 Å². The van der Waals surface area contributed by atoms with Crippen LogP contribution in [-0.4, -0.2) is 22.3 Å². The van der Waals surface area contributed by atoms with Crippen molar-refractivity contribution < 1.29 is 22.7 Å². The average Bonchev–Trinajstić information content (AvgIpc) is 3.06. The first kappa shape index (κ1) is 18.5. The van der Waals surface area contributed by atoms with Gasteiger partial charge in [0.2, 0.25) is 0 Å². The van der Waals surface area contributed by atoms with Crippen LogP contribution in [0.2, 0.25) is 0 Å². The zero-order valence-corrected chi connectivity index (χ0v) is 14.4. The Balaban J connectivity index is 1.83. The summed E-state index contributed by atoms with van der Waals surface area (Å²) in [4.78, 5) is 12.5. The molecule has 0 bridgehead atoms. The number of carbonyl (C=O) groups is 1. The minimum atomic E-state index is -0.753. The molecule has 0 aliphatic heterocycles. The molecule has 0 atom stereocenters. The fourth-order valence-electron chi connectivity index (χ4n) is 2.46. The summed E-state index contributed by atoms with van der Waals surface area (Å²) in [6.07, 6.45) is 1.48. The molecule has 1 amide bonds. The van der Waals surface area contributed by atoms with Crippen LogP contribution in [0.3, 0.4) is 0 Å². The van der Waals surface area contributed by atoms with E-state index >= 15 is 0 Å². The van der Waals surface area contributed by atoms with Crippen LogP contribution in [0.25, 0.3) is 5.69 Å². The molecular formula is C19H16F3N3O2. The lowest BCUT2D eigenvalue weighted by Gasteiger charge is -2.07. The molecule has 8 heteroatoms. The highest BCUT2D eigenvalue weighted by molar-refractivity contribution is 5.94. The summed E-state index contributed by atoms with van der Waals surface area (Å²) in [5.74, 6) is -2.36. The molecule has 3 aromatic rings. The maximum absolute atomic E-state index is 13.7. The van der Waals surface area contributed by atoms with E-state index in [1.807, 2.05) is 0 Å². The predicted molar refractivity (Wildman–Crippen MR) is 92.2 cm³/mol. The molecule has 0 fully saturated rings. The van der Waals surface area contributed by atoms with Gasteiger partial charge in [-0.05, 0) is 43.3 Å². The van der Waals surface area contributed by atoms with Crippen LogP contribution < -0.4 is 10.1 Å². The summed E-state index contributed by atoms with van der Waals surface area (Å²) in [5.41, 5.74) is 0.233. The van der Waals surface area contributed by atoms with Gasteiger partial charge in [0.05, 0.1) is 18.5 Å². The maximum atomic E-state index is 13.7. The highest BCUT2D eigenvalue weighted by Crippen LogP contribution is 2.21. The molecule has 0 saturated heterocycles. The lowest BCUT2D eigenvalue weighted by Crippen LogP contribution is -2.25. The van der Waals surface area contributed by atoms with E-state index in [0.717, 1.165) is 12.1 Å². The van der Waals surface area contributed by atoms with Gasteiger partial charge in [0.1, 0.15) is 17.5 Å². The summed E-state index contributed by atoms with van der Waals surface area (Å²) < 4.78 is 47.3. The number of nitrogens with one attached hydrogen (secondary N) is 1. The predicted octanol–water partition coefficient (Wildman–Crippen LogP) is 3.62. The molecule has 1 heterocycles. The smallest absolute Gasteiger partial charge is 0.275 e. The number of hydrogen-bond donors (Lipinski definition) is 1. The fraction of sp³-hybridized carbons (Fsp3) is 0.158. The molecule has 2 aromatic carbocycles. The molecule has 3 rings (SSSR count). The Morgan fingerprint density at radius 1 is 1.11 bits per heavy atom. The van der Waals surface area contributed by atoms with E-state index in [2.05, 4.69) is 10.4 Å². The second kappa shape index (κ2) is 7.94. The number of rotatable bonds is 6. The summed E-state index contributed by atoms with van der Waals surface area (Å²) in [7, 11) is 0. The quantitative estimate of drug-likeness (QED) is 0.716. The van der Waals surface area contributed by atoms with Gasteiger partial charge in [-0.15, -0.1) is 0 Å². The summed E-state index contributed by atoms with van der Waals surface area (Å²) in [5, 5.41) is 6.59. The SMILES string of the molecule is CCOc1cn(-c2ccc(F)cc2)nc1C(=O)NCc1c(F)cccc1F. The number of amides is 1. The number of benzene rings is 2. The number of hydrogen-bond acceptors (Lipinski definition) is 3. The molecule has 0 radical (unpaired) electrons. The second-order valence-corrected chi connectivity index (χ2v) is 5.58. The molecule has 5 nitrogen and oxygen atoms in total. The zero-order chi connectivity index (χ0) is 19.4. The molecule has 0 aliphatic rings. The van der Waals surface area contributed by atoms with Gasteiger partial charge < -0.3 is 10.1 Å². The van der Waals surface area contributed by atoms with Crippen LogP contribution in [-0.2, 0) is 6.54 Å². The zero-order valence-electron chi connectivity index (χ0n) is 14.4. The van der Waals surface area contributed by atoms with Crippen LogP contribution in [0.5, 0.6) is 5.75 Å². The maximum Gasteiger partial charge on any atom is 0.275 e. The van der Waals surface area contributed by atoms with Crippen molar-refractivity contribution in [3.8, 4) is 11.4 Å². The van der Waals surface area contributed by atoms with Crippen molar-refractivity contribution in [3.63, 3.8) is 0 Å². The van der Waals surface area contributed by atoms with Crippen LogP contribution in [0.15, 0.2) is 48.7 Å². The van der Waals surface area contributed by atoms with Gasteiger partial charge >= 0.3 is 0 Å². The van der Waals surface area contributed by atoms with Crippen molar-refractivity contribution in [3.05, 3.63) is 77.4 Å². The van der Waals surface area contributed by atoms with E-state index in [0.29, 0.717) is 5.69 Å². The van der Waals surface area contributed by atoms with Gasteiger partial charge in [-0.2, -0.15) is 5.10 Å². The molecule has 0 spiro atoms. The summed E-state index contributed by atoms with van der Waals surface area (Å²) in [6, 6.07) is 8.98. The Morgan fingerprint density at radius 2 is 1.78 bits per heavy atom. The molecule has 0 unspecified atom stereocenters. The van der Waals surface area contributed by atoms with Crippen LogP contribution >= 0.6 is 0 Å². The number of halogens is 3. The number of aromatic nitrogens is 2. The molecule has 0 aliphatic carbocycles. The third-order valence-corrected chi connectivity index (χ3v) is 3.77. The minimum absolute atomic E-state index is 0.0436. The molecular weight excluding hydrogens is 359 g/mol. The molecule has 27 heavy (non-hydrogen) atoms. The second-order valence-electron chi connectivity index (χ2n) is 5.58. The van der Waals surface area contributed by atoms with Crippen molar-refractivity contribution in [1.82, 2.24) is 15.1 Å². The van der Waals surface area contributed by atoms with Crippen LogP contribution in [0.1, 0.15) is 23.0 Å². The van der Waals surface area contributed by atoms with Crippen LogP contribution in [0, 0.1) is 17.5 Å². The van der Waals surface area contributed by atoms with E-state index in [4.69, 9.17) is 4.74 Å². The topological polar surface area (TPSA) is 56.2 Å². The van der Waals surface area contributed by atoms with Gasteiger partial charge in [0.25, 0.3) is 5.91 Å². The van der Waals surface area contributed by atoms with Gasteiger partial charge in [-0.1, -0.05) is 6.07 Å². The van der Waals surface area contributed by atoms with Crippen molar-refractivity contribution in [2.75, 3.05) is 6.61 Å². The Morgan fingerprint density at radius 3 is 2.41 bits per heavy atom. The third kappa shape index (κ3) is 4.11. The lowest BCUT2D eigenvalue weighted by molar-refractivity contribution is 0.0941. The Kier molecular flexibility index (Phi) is 5.44. The average molecular weight is 375 g/mol. The Labute approximate surface area is 153 Å². The molecule has 140 valence electrons. The van der Waals surface area contributed by atoms with E-state index in [9.17, 15) is 18.0 Å². The van der Waals surface area contributed by atoms with E-state index < -0.39 is 23.4 Å². The first-order valence-corrected chi connectivity index (χ1v) is 8.19. The molecule has 0 saturated carbocycles. The van der Waals surface area contributed by atoms with Crippen molar-refractivity contribution in [2.24, 2.45) is 0 Å². The van der Waals surface area contributed by atoms with E-state index in [1.54, 1.807) is 6.92 Å². The van der Waals surface area contributed by atoms with Crippen molar-refractivity contribution >= 4 is 5.91 Å². The van der Waals surface area contributed by atoms with Gasteiger partial charge in [-0.3, -0.25) is 4.79 Å². The van der Waals surface area contributed by atoms with Crippen molar-refractivity contribution in [2.45, 2.75) is 13.5 Å². The van der Waals surface area contributed by atoms with Gasteiger partial charge in [-0.25, -0.2) is 17.9 Å². The standard InChI is InChI=1S/C19H16F3N3O2/c1-2-27-17-11-25(13-8-6-12(20)7-9-13)24-18(17)19(26)23-10-14-15(21)4-3-5-16(14)22/h3-9,11H,2,10H2,1H3,(H,23,26). The molecule has 1 N–H and O–H groups in total. The Hall–Kier alpha value is -3.29. The first-order chi connectivity index (χ1) is 13.0. The van der Waals surface area contributed by atoms with E-state index in [-0.39, 0.29) is 30.2 Å². The van der Waals surface area contributed by atoms with E-state index in [1.165, 1.54) is 41.2 Å². The van der Waals surface area contributed by atoms with Crippen LogP contribution in [0.4, 0.5) is 13.2 Å². The normalized spacial score (nSPS) is 10.7. The Bertz CT molecular complexity index is 935. The first-order valence-electron chi connectivity index (χ1n) is 8.19. The highest BCUT2D eigenvalue weighted by atomic mass is 19.1. The largest absolute Gasteiger partial charge is 0.490 e. The highest BCUT2D eigenvalue weighted by Gasteiger charge is 2.20. The lowest BCUT2D eigenvalue weighted by atomic mass is 10.2. The van der Waals surface area contributed by atoms with Gasteiger partial charge in [0.15, 0.2) is 11.4 Å². The summed E-state index contributed by atoms with van der Waals surface area (Å²) >= 11 is 0. The number of carbonyl (C=O) groups excluding carboxylic acids is 1. The number of nitrogens with zero attached hydrogens (tertiary/aromatic N) is 2. The van der Waals surface area contributed by atoms with Gasteiger partial charge in [0, 0.05) is 12.1 Å². The third-order valence-electron chi connectivity index (χ3n) is 3.77. The summed E-state index contributed by atoms with van der Waals surface area (Å²) in [6.45, 7) is 1.69. The monoisotopic (exact) mass is 375 g/mol.